The van der Waals surface area contributed by atoms with Crippen molar-refractivity contribution in [1.29, 1.82) is 0 Å². The Morgan fingerprint density at radius 1 is 1.31 bits per heavy atom. The molecule has 0 saturated heterocycles. The number of halogens is 1. The first-order valence-corrected chi connectivity index (χ1v) is 5.98. The molecule has 0 bridgehead atoms. The number of aryl methyl sites for hydroxylation is 1. The largest absolute Gasteiger partial charge is 0.355 e. The lowest BCUT2D eigenvalue weighted by molar-refractivity contribution is -0.120. The zero-order chi connectivity index (χ0) is 11.5. The fraction of sp³-hybridized carbons (Fsp3) is 0.538. The summed E-state index contributed by atoms with van der Waals surface area (Å²) in [7, 11) is 3.39. The number of methoxy groups -OCH3 is 2. The second kappa shape index (κ2) is 5.17. The van der Waals surface area contributed by atoms with Gasteiger partial charge in [-0.15, -0.1) is 0 Å². The van der Waals surface area contributed by atoms with E-state index in [1.807, 2.05) is 6.07 Å². The minimum atomic E-state index is -0.153. The Balaban J connectivity index is 2.32. The maximum atomic E-state index is 6.01. The third-order valence-electron chi connectivity index (χ3n) is 3.26. The Hall–Kier alpha value is -0.570. The molecule has 0 radical (unpaired) electrons. The summed E-state index contributed by atoms with van der Waals surface area (Å²) in [6, 6.07) is 6.11. The zero-order valence-electron chi connectivity index (χ0n) is 9.70. The van der Waals surface area contributed by atoms with E-state index in [9.17, 15) is 0 Å². The molecule has 0 heterocycles. The van der Waals surface area contributed by atoms with E-state index in [1.165, 1.54) is 17.5 Å². The molecular weight excluding hydrogens is 224 g/mol. The molecular formula is C13H17ClO2. The van der Waals surface area contributed by atoms with Crippen LogP contribution < -0.4 is 0 Å². The summed E-state index contributed by atoms with van der Waals surface area (Å²) in [5.74, 6) is 0.330. The van der Waals surface area contributed by atoms with Gasteiger partial charge >= 0.3 is 0 Å². The summed E-state index contributed by atoms with van der Waals surface area (Å²) in [6.45, 7) is 0. The van der Waals surface area contributed by atoms with E-state index in [1.54, 1.807) is 14.2 Å². The summed E-state index contributed by atoms with van der Waals surface area (Å²) < 4.78 is 10.7. The first kappa shape index (κ1) is 11.9. The van der Waals surface area contributed by atoms with Crippen LogP contribution in [0.25, 0.3) is 0 Å². The van der Waals surface area contributed by atoms with Crippen molar-refractivity contribution in [1.82, 2.24) is 0 Å². The van der Waals surface area contributed by atoms with Gasteiger partial charge in [-0.05, 0) is 42.5 Å². The predicted molar refractivity (Wildman–Crippen MR) is 64.9 cm³/mol. The van der Waals surface area contributed by atoms with Gasteiger partial charge in [0.2, 0.25) is 0 Å². The van der Waals surface area contributed by atoms with Gasteiger partial charge in [0, 0.05) is 25.2 Å². The van der Waals surface area contributed by atoms with E-state index in [0.717, 1.165) is 17.9 Å². The van der Waals surface area contributed by atoms with Gasteiger partial charge in [-0.2, -0.15) is 0 Å². The predicted octanol–water partition coefficient (Wildman–Crippen LogP) is 3.38. The van der Waals surface area contributed by atoms with E-state index in [4.69, 9.17) is 21.1 Å². The van der Waals surface area contributed by atoms with Crippen molar-refractivity contribution in [2.24, 2.45) is 0 Å². The third-order valence-corrected chi connectivity index (χ3v) is 3.49. The highest BCUT2D eigenvalue weighted by Gasteiger charge is 2.27. The molecule has 0 N–H and O–H groups in total. The molecule has 0 saturated carbocycles. The van der Waals surface area contributed by atoms with Crippen LogP contribution in [0.1, 0.15) is 29.9 Å². The number of hydrogen-bond donors (Lipinski definition) is 0. The normalized spacial score (nSPS) is 19.9. The van der Waals surface area contributed by atoms with Crippen LogP contribution in [-0.2, 0) is 15.9 Å². The Morgan fingerprint density at radius 3 is 2.75 bits per heavy atom. The maximum absolute atomic E-state index is 6.01. The van der Waals surface area contributed by atoms with Crippen molar-refractivity contribution < 1.29 is 9.47 Å². The first-order chi connectivity index (χ1) is 7.76. The zero-order valence-corrected chi connectivity index (χ0v) is 10.5. The first-order valence-electron chi connectivity index (χ1n) is 5.60. The molecule has 16 heavy (non-hydrogen) atoms. The van der Waals surface area contributed by atoms with Gasteiger partial charge in [0.1, 0.15) is 0 Å². The minimum absolute atomic E-state index is 0.153. The monoisotopic (exact) mass is 240 g/mol. The molecule has 0 fully saturated rings. The van der Waals surface area contributed by atoms with Gasteiger partial charge in [0.05, 0.1) is 0 Å². The summed E-state index contributed by atoms with van der Waals surface area (Å²) in [4.78, 5) is 0. The SMILES string of the molecule is COC(OC)C1CCCc2cc(Cl)ccc21. The van der Waals surface area contributed by atoms with Crippen LogP contribution in [0.2, 0.25) is 5.02 Å². The molecule has 1 aromatic rings. The molecule has 2 rings (SSSR count). The molecule has 1 aromatic carbocycles. The molecule has 2 nitrogen and oxygen atoms in total. The molecule has 0 spiro atoms. The average Bonchev–Trinajstić information content (AvgIpc) is 2.30. The minimum Gasteiger partial charge on any atom is -0.355 e. The number of ether oxygens (including phenoxy) is 2. The molecule has 1 atom stereocenters. The standard InChI is InChI=1S/C13H17ClO2/c1-15-13(16-2)12-5-3-4-9-8-10(14)6-7-11(9)12/h6-8,12-13H,3-5H2,1-2H3. The lowest BCUT2D eigenvalue weighted by Crippen LogP contribution is -2.26. The topological polar surface area (TPSA) is 18.5 Å². The van der Waals surface area contributed by atoms with Crippen molar-refractivity contribution in [2.45, 2.75) is 31.5 Å². The van der Waals surface area contributed by atoms with Crippen molar-refractivity contribution in [3.63, 3.8) is 0 Å². The van der Waals surface area contributed by atoms with Crippen molar-refractivity contribution in [3.05, 3.63) is 34.3 Å². The Kier molecular flexibility index (Phi) is 3.85. The van der Waals surface area contributed by atoms with E-state index in [2.05, 4.69) is 12.1 Å². The van der Waals surface area contributed by atoms with Crippen molar-refractivity contribution in [3.8, 4) is 0 Å². The number of fused-ring (bicyclic) bond motifs is 1. The van der Waals surface area contributed by atoms with Crippen LogP contribution in [-0.4, -0.2) is 20.5 Å². The van der Waals surface area contributed by atoms with Crippen LogP contribution in [0, 0.1) is 0 Å². The van der Waals surface area contributed by atoms with Crippen LogP contribution in [0.15, 0.2) is 18.2 Å². The Bertz CT molecular complexity index is 361. The highest BCUT2D eigenvalue weighted by Crippen LogP contribution is 2.36. The van der Waals surface area contributed by atoms with Crippen LogP contribution in [0.5, 0.6) is 0 Å². The Labute approximate surface area is 102 Å². The highest BCUT2D eigenvalue weighted by atomic mass is 35.5. The van der Waals surface area contributed by atoms with Gasteiger partial charge in [0.25, 0.3) is 0 Å². The van der Waals surface area contributed by atoms with Crippen molar-refractivity contribution >= 4 is 11.6 Å². The summed E-state index contributed by atoms with van der Waals surface area (Å²) in [5, 5.41) is 0.811. The van der Waals surface area contributed by atoms with Gasteiger partial charge < -0.3 is 9.47 Å². The molecule has 0 amide bonds. The number of hydrogen-bond acceptors (Lipinski definition) is 2. The molecule has 0 aliphatic heterocycles. The number of rotatable bonds is 3. The lowest BCUT2D eigenvalue weighted by Gasteiger charge is -2.30. The van der Waals surface area contributed by atoms with E-state index in [-0.39, 0.29) is 6.29 Å². The smallest absolute Gasteiger partial charge is 0.163 e. The van der Waals surface area contributed by atoms with Gasteiger partial charge in [0.15, 0.2) is 6.29 Å². The number of benzene rings is 1. The van der Waals surface area contributed by atoms with Gasteiger partial charge in [-0.3, -0.25) is 0 Å². The van der Waals surface area contributed by atoms with Crippen LogP contribution in [0.3, 0.4) is 0 Å². The highest BCUT2D eigenvalue weighted by molar-refractivity contribution is 6.30. The summed E-state index contributed by atoms with van der Waals surface area (Å²) in [5.41, 5.74) is 2.66. The van der Waals surface area contributed by atoms with Gasteiger partial charge in [-0.25, -0.2) is 0 Å². The van der Waals surface area contributed by atoms with Gasteiger partial charge in [-0.1, -0.05) is 17.7 Å². The van der Waals surface area contributed by atoms with E-state index in [0.29, 0.717) is 5.92 Å². The van der Waals surface area contributed by atoms with Crippen LogP contribution >= 0.6 is 11.6 Å². The van der Waals surface area contributed by atoms with E-state index < -0.39 is 0 Å². The Morgan fingerprint density at radius 2 is 2.06 bits per heavy atom. The second-order valence-electron chi connectivity index (χ2n) is 4.18. The maximum Gasteiger partial charge on any atom is 0.163 e. The molecule has 3 heteroatoms. The fourth-order valence-corrected chi connectivity index (χ4v) is 2.72. The summed E-state index contributed by atoms with van der Waals surface area (Å²) in [6.07, 6.45) is 3.23. The molecule has 0 aromatic heterocycles. The van der Waals surface area contributed by atoms with Crippen LogP contribution in [0.4, 0.5) is 0 Å². The second-order valence-corrected chi connectivity index (χ2v) is 4.62. The molecule has 1 unspecified atom stereocenters. The van der Waals surface area contributed by atoms with Crippen molar-refractivity contribution in [2.75, 3.05) is 14.2 Å². The lowest BCUT2D eigenvalue weighted by atomic mass is 9.82. The summed E-state index contributed by atoms with van der Waals surface area (Å²) >= 11 is 6.01. The van der Waals surface area contributed by atoms with E-state index >= 15 is 0 Å². The molecule has 1 aliphatic carbocycles. The third kappa shape index (κ3) is 2.24. The quantitative estimate of drug-likeness (QED) is 0.755. The molecule has 1 aliphatic rings. The average molecular weight is 241 g/mol. The molecule has 88 valence electrons. The fourth-order valence-electron chi connectivity index (χ4n) is 2.53.